The number of hydrogen-bond donors (Lipinski definition) is 1. The quantitative estimate of drug-likeness (QED) is 0.923. The molecule has 3 rings (SSSR count). The van der Waals surface area contributed by atoms with Crippen LogP contribution in [0.2, 0.25) is 0 Å². The molecule has 1 aromatic rings. The number of hydrogen-bond acceptors (Lipinski definition) is 3. The van der Waals surface area contributed by atoms with Crippen molar-refractivity contribution in [3.63, 3.8) is 0 Å². The van der Waals surface area contributed by atoms with Gasteiger partial charge in [-0.3, -0.25) is 0 Å². The molecule has 0 amide bonds. The minimum atomic E-state index is -0.335. The second-order valence-corrected chi connectivity index (χ2v) is 6.56. The zero-order chi connectivity index (χ0) is 14.7. The molecule has 3 atom stereocenters. The summed E-state index contributed by atoms with van der Waals surface area (Å²) in [4.78, 5) is 0. The Hall–Kier alpha value is -0.900. The lowest BCUT2D eigenvalue weighted by Crippen LogP contribution is -2.56. The van der Waals surface area contributed by atoms with E-state index in [2.05, 4.69) is 49.5 Å². The maximum Gasteiger partial charge on any atom is 0.171 e. The van der Waals surface area contributed by atoms with Gasteiger partial charge in [-0.2, -0.15) is 0 Å². The Balaban J connectivity index is 1.73. The van der Waals surface area contributed by atoms with Crippen LogP contribution in [-0.4, -0.2) is 31.1 Å². The lowest BCUT2D eigenvalue weighted by molar-refractivity contribution is -0.190. The van der Waals surface area contributed by atoms with Crippen molar-refractivity contribution < 1.29 is 9.47 Å². The van der Waals surface area contributed by atoms with E-state index in [0.717, 1.165) is 32.5 Å². The van der Waals surface area contributed by atoms with Crippen LogP contribution in [0.25, 0.3) is 0 Å². The first-order chi connectivity index (χ1) is 10.2. The molecule has 0 saturated carbocycles. The van der Waals surface area contributed by atoms with Crippen LogP contribution in [0, 0.1) is 5.92 Å². The molecule has 3 nitrogen and oxygen atoms in total. The Bertz CT molecular complexity index is 442. The number of nitrogens with one attached hydrogen (secondary N) is 1. The summed E-state index contributed by atoms with van der Waals surface area (Å²) < 4.78 is 12.0. The van der Waals surface area contributed by atoms with Gasteiger partial charge in [0.1, 0.15) is 0 Å². The Morgan fingerprint density at radius 1 is 1.19 bits per heavy atom. The first-order valence-electron chi connectivity index (χ1n) is 8.29. The molecule has 0 aromatic heterocycles. The Morgan fingerprint density at radius 3 is 2.57 bits per heavy atom. The molecule has 3 unspecified atom stereocenters. The summed E-state index contributed by atoms with van der Waals surface area (Å²) in [6.45, 7) is 6.07. The van der Waals surface area contributed by atoms with Crippen LogP contribution in [0.4, 0.5) is 0 Å². The van der Waals surface area contributed by atoms with Crippen LogP contribution in [0.3, 0.4) is 0 Å². The van der Waals surface area contributed by atoms with Gasteiger partial charge in [0.2, 0.25) is 0 Å². The van der Waals surface area contributed by atoms with Gasteiger partial charge in [0, 0.05) is 24.9 Å². The molecule has 1 N–H and O–H groups in total. The molecule has 1 aromatic carbocycles. The fourth-order valence-electron chi connectivity index (χ4n) is 3.63. The molecule has 2 aliphatic heterocycles. The van der Waals surface area contributed by atoms with Crippen LogP contribution in [0.1, 0.15) is 38.7 Å². The molecule has 1 spiro atoms. The van der Waals surface area contributed by atoms with E-state index < -0.39 is 0 Å². The van der Waals surface area contributed by atoms with Crippen molar-refractivity contribution in [1.82, 2.24) is 5.32 Å². The molecule has 2 fully saturated rings. The minimum absolute atomic E-state index is 0.335. The maximum atomic E-state index is 6.01. The fraction of sp³-hybridized carbons (Fsp3) is 0.667. The maximum absolute atomic E-state index is 6.01. The minimum Gasteiger partial charge on any atom is -0.347 e. The summed E-state index contributed by atoms with van der Waals surface area (Å²) in [7, 11) is 0. The van der Waals surface area contributed by atoms with Crippen molar-refractivity contribution in [2.24, 2.45) is 5.92 Å². The topological polar surface area (TPSA) is 30.5 Å². The van der Waals surface area contributed by atoms with E-state index in [1.165, 1.54) is 12.0 Å². The Labute approximate surface area is 128 Å². The van der Waals surface area contributed by atoms with Gasteiger partial charge in [0.05, 0.1) is 13.2 Å². The van der Waals surface area contributed by atoms with Crippen LogP contribution in [-0.2, 0) is 15.9 Å². The van der Waals surface area contributed by atoms with Gasteiger partial charge in [-0.25, -0.2) is 0 Å². The molecule has 0 aliphatic carbocycles. The highest BCUT2D eigenvalue weighted by Crippen LogP contribution is 2.36. The van der Waals surface area contributed by atoms with E-state index in [1.54, 1.807) is 0 Å². The van der Waals surface area contributed by atoms with Crippen molar-refractivity contribution in [1.29, 1.82) is 0 Å². The predicted octanol–water partition coefficient (Wildman–Crippen LogP) is 3.14. The summed E-state index contributed by atoms with van der Waals surface area (Å²) in [6.07, 6.45) is 4.16. The van der Waals surface area contributed by atoms with E-state index in [9.17, 15) is 0 Å². The van der Waals surface area contributed by atoms with Crippen LogP contribution in [0.15, 0.2) is 30.3 Å². The average molecular weight is 289 g/mol. The molecular formula is C18H27NO2. The molecule has 0 radical (unpaired) electrons. The van der Waals surface area contributed by atoms with Gasteiger partial charge in [-0.15, -0.1) is 0 Å². The molecular weight excluding hydrogens is 262 g/mol. The van der Waals surface area contributed by atoms with E-state index in [1.807, 2.05) is 0 Å². The zero-order valence-electron chi connectivity index (χ0n) is 13.2. The van der Waals surface area contributed by atoms with Crippen molar-refractivity contribution >= 4 is 0 Å². The van der Waals surface area contributed by atoms with E-state index in [-0.39, 0.29) is 5.79 Å². The second-order valence-electron chi connectivity index (χ2n) is 6.56. The van der Waals surface area contributed by atoms with E-state index in [0.29, 0.717) is 18.0 Å². The molecule has 116 valence electrons. The molecule has 2 aliphatic rings. The molecule has 21 heavy (non-hydrogen) atoms. The highest BCUT2D eigenvalue weighted by molar-refractivity contribution is 5.16. The van der Waals surface area contributed by atoms with Crippen molar-refractivity contribution in [2.75, 3.05) is 13.2 Å². The van der Waals surface area contributed by atoms with Gasteiger partial charge in [-0.1, -0.05) is 50.6 Å². The third kappa shape index (κ3) is 3.47. The largest absolute Gasteiger partial charge is 0.347 e. The molecule has 3 heteroatoms. The van der Waals surface area contributed by atoms with Crippen LogP contribution >= 0.6 is 0 Å². The summed E-state index contributed by atoms with van der Waals surface area (Å²) in [5, 5.41) is 3.84. The fourth-order valence-corrected chi connectivity index (χ4v) is 3.63. The Morgan fingerprint density at radius 2 is 1.90 bits per heavy atom. The van der Waals surface area contributed by atoms with E-state index >= 15 is 0 Å². The normalized spacial score (nSPS) is 29.6. The average Bonchev–Trinajstić information content (AvgIpc) is 2.94. The molecule has 2 saturated heterocycles. The first-order valence-corrected chi connectivity index (χ1v) is 8.29. The number of rotatable bonds is 4. The number of ether oxygens (including phenoxy) is 2. The lowest BCUT2D eigenvalue weighted by Gasteiger charge is -2.43. The first kappa shape index (κ1) is 15.0. The second kappa shape index (κ2) is 6.47. The third-order valence-electron chi connectivity index (χ3n) is 5.01. The van der Waals surface area contributed by atoms with Gasteiger partial charge < -0.3 is 14.8 Å². The zero-order valence-corrected chi connectivity index (χ0v) is 13.2. The lowest BCUT2D eigenvalue weighted by atomic mass is 9.83. The summed E-state index contributed by atoms with van der Waals surface area (Å²) >= 11 is 0. The van der Waals surface area contributed by atoms with Crippen LogP contribution in [0.5, 0.6) is 0 Å². The highest BCUT2D eigenvalue weighted by Gasteiger charge is 2.45. The standard InChI is InChI=1S/C18H27NO2/c1-3-14(2)17-13-18(20-9-10-21-18)12-16(19-17)11-15-7-5-4-6-8-15/h4-8,14,16-17,19H,3,9-13H2,1-2H3. The SMILES string of the molecule is CCC(C)C1CC2(CC(Cc3ccccc3)N1)OCCO2. The smallest absolute Gasteiger partial charge is 0.171 e. The van der Waals surface area contributed by atoms with Crippen molar-refractivity contribution in [2.45, 2.75) is 57.4 Å². The highest BCUT2D eigenvalue weighted by atomic mass is 16.7. The molecule has 0 bridgehead atoms. The third-order valence-corrected chi connectivity index (χ3v) is 5.01. The number of piperidine rings is 1. The van der Waals surface area contributed by atoms with Crippen LogP contribution < -0.4 is 5.32 Å². The predicted molar refractivity (Wildman–Crippen MR) is 84.2 cm³/mol. The van der Waals surface area contributed by atoms with Crippen molar-refractivity contribution in [3.05, 3.63) is 35.9 Å². The van der Waals surface area contributed by atoms with Gasteiger partial charge in [0.15, 0.2) is 5.79 Å². The summed E-state index contributed by atoms with van der Waals surface area (Å²) in [6, 6.07) is 11.6. The number of benzene rings is 1. The van der Waals surface area contributed by atoms with Crippen molar-refractivity contribution in [3.8, 4) is 0 Å². The van der Waals surface area contributed by atoms with Gasteiger partial charge >= 0.3 is 0 Å². The van der Waals surface area contributed by atoms with Gasteiger partial charge in [-0.05, 0) is 17.9 Å². The summed E-state index contributed by atoms with van der Waals surface area (Å²) in [5.74, 6) is 0.312. The van der Waals surface area contributed by atoms with E-state index in [4.69, 9.17) is 9.47 Å². The summed E-state index contributed by atoms with van der Waals surface area (Å²) in [5.41, 5.74) is 1.38. The Kier molecular flexibility index (Phi) is 4.63. The monoisotopic (exact) mass is 289 g/mol. The van der Waals surface area contributed by atoms with Gasteiger partial charge in [0.25, 0.3) is 0 Å². The molecule has 2 heterocycles.